The van der Waals surface area contributed by atoms with E-state index >= 15 is 0 Å². The molecule has 0 bridgehead atoms. The van der Waals surface area contributed by atoms with E-state index in [1.165, 1.54) is 24.3 Å². The minimum absolute atomic E-state index is 0.195. The van der Waals surface area contributed by atoms with Gasteiger partial charge in [-0.15, -0.1) is 0 Å². The molecule has 0 aromatic heterocycles. The molecule has 0 fully saturated rings. The predicted octanol–water partition coefficient (Wildman–Crippen LogP) is 1.42. The zero-order valence-electron chi connectivity index (χ0n) is 9.10. The first-order valence-electron chi connectivity index (χ1n) is 4.60. The average molecular weight is 256 g/mol. The molecule has 0 radical (unpaired) electrons. The largest absolute Gasteiger partial charge is 0.357 e. The first-order valence-corrected chi connectivity index (χ1v) is 6.04. The number of nitrogens with one attached hydrogen (secondary N) is 2. The molecular weight excluding hydrogens is 244 g/mol. The van der Waals surface area contributed by atoms with Crippen molar-refractivity contribution in [2.24, 2.45) is 0 Å². The standard InChI is InChI=1S/C10H12N2O4S/c1-7(2)10(13)11-8-3-5-9(6-4-8)12-17(14,15)16/h3-6,12H,1H2,2H3,(H,11,13)(H,14,15,16). The van der Waals surface area contributed by atoms with E-state index in [-0.39, 0.29) is 11.6 Å². The highest BCUT2D eigenvalue weighted by Crippen LogP contribution is 2.14. The van der Waals surface area contributed by atoms with Gasteiger partial charge in [-0.05, 0) is 31.2 Å². The lowest BCUT2D eigenvalue weighted by molar-refractivity contribution is -0.112. The van der Waals surface area contributed by atoms with Crippen LogP contribution in [0.1, 0.15) is 6.92 Å². The van der Waals surface area contributed by atoms with Crippen LogP contribution in [0.4, 0.5) is 11.4 Å². The van der Waals surface area contributed by atoms with Crippen molar-refractivity contribution in [2.75, 3.05) is 10.0 Å². The van der Waals surface area contributed by atoms with Crippen molar-refractivity contribution in [2.45, 2.75) is 6.92 Å². The number of rotatable bonds is 4. The summed E-state index contributed by atoms with van der Waals surface area (Å²) >= 11 is 0. The SMILES string of the molecule is C=C(C)C(=O)Nc1ccc(NS(=O)(=O)O)cc1. The minimum Gasteiger partial charge on any atom is -0.322 e. The molecule has 0 heterocycles. The number of anilines is 2. The van der Waals surface area contributed by atoms with Gasteiger partial charge in [0, 0.05) is 11.3 Å². The van der Waals surface area contributed by atoms with Crippen LogP contribution in [-0.2, 0) is 15.1 Å². The lowest BCUT2D eigenvalue weighted by atomic mass is 10.2. The molecule has 0 atom stereocenters. The van der Waals surface area contributed by atoms with Crippen LogP contribution in [0.3, 0.4) is 0 Å². The molecule has 1 aromatic rings. The summed E-state index contributed by atoms with van der Waals surface area (Å²) < 4.78 is 31.5. The second-order valence-corrected chi connectivity index (χ2v) is 4.54. The highest BCUT2D eigenvalue weighted by Gasteiger charge is 2.05. The Morgan fingerprint density at radius 2 is 1.71 bits per heavy atom. The van der Waals surface area contributed by atoms with E-state index in [4.69, 9.17) is 4.55 Å². The number of amides is 1. The molecule has 3 N–H and O–H groups in total. The van der Waals surface area contributed by atoms with Gasteiger partial charge in [-0.2, -0.15) is 8.42 Å². The topological polar surface area (TPSA) is 95.5 Å². The Hall–Kier alpha value is -1.86. The zero-order valence-corrected chi connectivity index (χ0v) is 9.91. The van der Waals surface area contributed by atoms with Crippen molar-refractivity contribution >= 4 is 27.6 Å². The summed E-state index contributed by atoms with van der Waals surface area (Å²) in [5.74, 6) is -0.319. The monoisotopic (exact) mass is 256 g/mol. The molecule has 7 heteroatoms. The van der Waals surface area contributed by atoms with E-state index in [0.717, 1.165) is 0 Å². The van der Waals surface area contributed by atoms with Crippen molar-refractivity contribution < 1.29 is 17.8 Å². The van der Waals surface area contributed by atoms with Crippen LogP contribution < -0.4 is 10.0 Å². The average Bonchev–Trinajstić information content (AvgIpc) is 2.18. The second kappa shape index (κ2) is 4.98. The predicted molar refractivity (Wildman–Crippen MR) is 65.1 cm³/mol. The molecule has 1 amide bonds. The molecule has 17 heavy (non-hydrogen) atoms. The summed E-state index contributed by atoms with van der Waals surface area (Å²) in [5, 5.41) is 2.55. The Morgan fingerprint density at radius 1 is 1.24 bits per heavy atom. The number of hydrogen-bond acceptors (Lipinski definition) is 3. The van der Waals surface area contributed by atoms with Crippen LogP contribution >= 0.6 is 0 Å². The van der Waals surface area contributed by atoms with Crippen LogP contribution in [0.15, 0.2) is 36.4 Å². The minimum atomic E-state index is -4.28. The highest BCUT2D eigenvalue weighted by molar-refractivity contribution is 7.87. The quantitative estimate of drug-likeness (QED) is 0.560. The summed E-state index contributed by atoms with van der Waals surface area (Å²) in [6, 6.07) is 5.80. The third-order valence-corrected chi connectivity index (χ3v) is 2.27. The highest BCUT2D eigenvalue weighted by atomic mass is 32.2. The van der Waals surface area contributed by atoms with E-state index < -0.39 is 10.3 Å². The van der Waals surface area contributed by atoms with Crippen LogP contribution in [0.2, 0.25) is 0 Å². The summed E-state index contributed by atoms with van der Waals surface area (Å²) in [6.07, 6.45) is 0. The first-order chi connectivity index (χ1) is 7.78. The number of carbonyl (C=O) groups excluding carboxylic acids is 1. The summed E-state index contributed by atoms with van der Waals surface area (Å²) in [7, 11) is -4.28. The van der Waals surface area contributed by atoms with Gasteiger partial charge in [-0.3, -0.25) is 14.1 Å². The van der Waals surface area contributed by atoms with Crippen LogP contribution in [-0.4, -0.2) is 18.9 Å². The van der Waals surface area contributed by atoms with Gasteiger partial charge < -0.3 is 5.32 Å². The molecule has 0 saturated carbocycles. The van der Waals surface area contributed by atoms with Gasteiger partial charge >= 0.3 is 10.3 Å². The Kier molecular flexibility index (Phi) is 3.87. The van der Waals surface area contributed by atoms with Gasteiger partial charge in [0.1, 0.15) is 0 Å². The van der Waals surface area contributed by atoms with Crippen LogP contribution in [0.25, 0.3) is 0 Å². The molecule has 0 saturated heterocycles. The lowest BCUT2D eigenvalue weighted by Crippen LogP contribution is -2.12. The molecule has 0 aliphatic rings. The van der Waals surface area contributed by atoms with Crippen molar-refractivity contribution in [1.82, 2.24) is 0 Å². The Morgan fingerprint density at radius 3 is 2.12 bits per heavy atom. The van der Waals surface area contributed by atoms with Crippen LogP contribution in [0, 0.1) is 0 Å². The maximum atomic E-state index is 11.3. The third kappa shape index (κ3) is 4.66. The molecule has 6 nitrogen and oxygen atoms in total. The van der Waals surface area contributed by atoms with Gasteiger partial charge in [-0.1, -0.05) is 6.58 Å². The van der Waals surface area contributed by atoms with E-state index in [1.807, 2.05) is 4.72 Å². The first kappa shape index (κ1) is 13.2. The number of hydrogen-bond donors (Lipinski definition) is 3. The van der Waals surface area contributed by atoms with Gasteiger partial charge in [0.2, 0.25) is 0 Å². The fraction of sp³-hybridized carbons (Fsp3) is 0.100. The zero-order chi connectivity index (χ0) is 13.1. The molecule has 92 valence electrons. The molecule has 1 rings (SSSR count). The smallest absolute Gasteiger partial charge is 0.322 e. The second-order valence-electron chi connectivity index (χ2n) is 3.39. The number of benzene rings is 1. The maximum absolute atomic E-state index is 11.3. The van der Waals surface area contributed by atoms with Crippen molar-refractivity contribution in [1.29, 1.82) is 0 Å². The normalized spacial score (nSPS) is 10.7. The number of carbonyl (C=O) groups is 1. The summed E-state index contributed by atoms with van der Waals surface area (Å²) in [5.41, 5.74) is 1.06. The van der Waals surface area contributed by atoms with Gasteiger partial charge in [0.25, 0.3) is 5.91 Å². The van der Waals surface area contributed by atoms with E-state index in [0.29, 0.717) is 11.3 Å². The van der Waals surface area contributed by atoms with Gasteiger partial charge in [0.05, 0.1) is 5.69 Å². The fourth-order valence-electron chi connectivity index (χ4n) is 1.01. The molecule has 0 aliphatic heterocycles. The molecular formula is C10H12N2O4S. The molecule has 0 spiro atoms. The van der Waals surface area contributed by atoms with Crippen LogP contribution in [0.5, 0.6) is 0 Å². The molecule has 0 unspecified atom stereocenters. The van der Waals surface area contributed by atoms with E-state index in [9.17, 15) is 13.2 Å². The van der Waals surface area contributed by atoms with Crippen molar-refractivity contribution in [3.63, 3.8) is 0 Å². The molecule has 0 aliphatic carbocycles. The van der Waals surface area contributed by atoms with Gasteiger partial charge in [-0.25, -0.2) is 0 Å². The van der Waals surface area contributed by atoms with E-state index in [1.54, 1.807) is 6.92 Å². The Bertz CT molecular complexity index is 534. The Labute approximate surface area is 99.2 Å². The summed E-state index contributed by atoms with van der Waals surface area (Å²) in [4.78, 5) is 11.3. The summed E-state index contributed by atoms with van der Waals surface area (Å²) in [6.45, 7) is 5.05. The Balaban J connectivity index is 2.75. The van der Waals surface area contributed by atoms with Gasteiger partial charge in [0.15, 0.2) is 0 Å². The van der Waals surface area contributed by atoms with Crippen molar-refractivity contribution in [3.8, 4) is 0 Å². The van der Waals surface area contributed by atoms with Crippen molar-refractivity contribution in [3.05, 3.63) is 36.4 Å². The van der Waals surface area contributed by atoms with E-state index in [2.05, 4.69) is 11.9 Å². The third-order valence-electron chi connectivity index (χ3n) is 1.78. The molecule has 1 aromatic carbocycles. The maximum Gasteiger partial charge on any atom is 0.357 e. The lowest BCUT2D eigenvalue weighted by Gasteiger charge is -2.06. The fourth-order valence-corrected chi connectivity index (χ4v) is 1.44.